The van der Waals surface area contributed by atoms with Gasteiger partial charge in [0.25, 0.3) is 0 Å². The van der Waals surface area contributed by atoms with Gasteiger partial charge in [-0.1, -0.05) is 22.9 Å². The van der Waals surface area contributed by atoms with Gasteiger partial charge in [-0.3, -0.25) is 4.79 Å². The third-order valence-electron chi connectivity index (χ3n) is 2.85. The second kappa shape index (κ2) is 6.75. The molecule has 1 amide bonds. The van der Waals surface area contributed by atoms with Crippen molar-refractivity contribution in [3.8, 4) is 5.75 Å². The Balaban J connectivity index is 2.84. The summed E-state index contributed by atoms with van der Waals surface area (Å²) in [5, 5.41) is 3.17. The first-order valence-corrected chi connectivity index (χ1v) is 6.63. The lowest BCUT2D eigenvalue weighted by molar-refractivity contribution is -0.122. The van der Waals surface area contributed by atoms with E-state index in [1.165, 1.54) is 0 Å². The van der Waals surface area contributed by atoms with E-state index in [4.69, 9.17) is 10.5 Å². The van der Waals surface area contributed by atoms with Crippen LogP contribution in [0.3, 0.4) is 0 Å². The zero-order valence-electron chi connectivity index (χ0n) is 10.9. The summed E-state index contributed by atoms with van der Waals surface area (Å²) in [7, 11) is 1.89. The minimum atomic E-state index is -0.352. The van der Waals surface area contributed by atoms with Gasteiger partial charge in [-0.05, 0) is 32.2 Å². The Kier molecular flexibility index (Phi) is 5.62. The topological polar surface area (TPSA) is 64.3 Å². The van der Waals surface area contributed by atoms with Gasteiger partial charge in [0.05, 0.1) is 12.5 Å². The first-order valence-electron chi connectivity index (χ1n) is 5.84. The summed E-state index contributed by atoms with van der Waals surface area (Å²) in [5.41, 5.74) is 6.25. The quantitative estimate of drug-likeness (QED) is 0.846. The van der Waals surface area contributed by atoms with Crippen molar-refractivity contribution in [1.29, 1.82) is 0 Å². The van der Waals surface area contributed by atoms with Gasteiger partial charge in [0.1, 0.15) is 5.75 Å². The van der Waals surface area contributed by atoms with Gasteiger partial charge in [-0.25, -0.2) is 0 Å². The summed E-state index contributed by atoms with van der Waals surface area (Å²) >= 11 is 3.44. The van der Waals surface area contributed by atoms with Gasteiger partial charge >= 0.3 is 0 Å². The summed E-state index contributed by atoms with van der Waals surface area (Å²) in [6.07, 6.45) is 0. The number of nitrogens with one attached hydrogen (secondary N) is 1. The number of rotatable bonds is 6. The minimum Gasteiger partial charge on any atom is -0.492 e. The molecule has 2 atom stereocenters. The Labute approximate surface area is 116 Å². The second-order valence-corrected chi connectivity index (χ2v) is 5.22. The molecule has 0 fully saturated rings. The molecule has 3 N–H and O–H groups in total. The van der Waals surface area contributed by atoms with Crippen molar-refractivity contribution in [2.24, 2.45) is 11.7 Å². The minimum absolute atomic E-state index is 0.168. The van der Waals surface area contributed by atoms with Gasteiger partial charge in [-0.15, -0.1) is 0 Å². The Hall–Kier alpha value is -1.07. The highest BCUT2D eigenvalue weighted by Gasteiger charge is 2.14. The molecule has 4 nitrogen and oxygen atoms in total. The van der Waals surface area contributed by atoms with Crippen molar-refractivity contribution < 1.29 is 9.53 Å². The molecule has 1 rings (SSSR count). The standard InChI is InChI=1S/C13H19BrN2O2/c1-8(13(15)17)7-18-12-5-4-10(14)6-11(12)9(2)16-3/h4-6,8-9,16H,7H2,1-3H3,(H2,15,17). The summed E-state index contributed by atoms with van der Waals surface area (Å²) in [6.45, 7) is 4.09. The summed E-state index contributed by atoms with van der Waals surface area (Å²) < 4.78 is 6.67. The van der Waals surface area contributed by atoms with Gasteiger partial charge in [-0.2, -0.15) is 0 Å². The Morgan fingerprint density at radius 1 is 1.50 bits per heavy atom. The van der Waals surface area contributed by atoms with Crippen LogP contribution >= 0.6 is 15.9 Å². The van der Waals surface area contributed by atoms with Crippen LogP contribution in [-0.4, -0.2) is 19.6 Å². The van der Waals surface area contributed by atoms with E-state index in [0.29, 0.717) is 6.61 Å². The molecular formula is C13H19BrN2O2. The number of hydrogen-bond donors (Lipinski definition) is 2. The lowest BCUT2D eigenvalue weighted by atomic mass is 10.1. The van der Waals surface area contributed by atoms with E-state index in [0.717, 1.165) is 15.8 Å². The van der Waals surface area contributed by atoms with Crippen molar-refractivity contribution in [3.63, 3.8) is 0 Å². The molecule has 0 aliphatic heterocycles. The third kappa shape index (κ3) is 3.99. The fourth-order valence-corrected chi connectivity index (χ4v) is 1.82. The van der Waals surface area contributed by atoms with Crippen LogP contribution in [0.25, 0.3) is 0 Å². The number of carbonyl (C=O) groups excluding carboxylic acids is 1. The van der Waals surface area contributed by atoms with Gasteiger partial charge < -0.3 is 15.8 Å². The fourth-order valence-electron chi connectivity index (χ4n) is 1.44. The van der Waals surface area contributed by atoms with E-state index in [1.807, 2.05) is 32.2 Å². The second-order valence-electron chi connectivity index (χ2n) is 4.31. The first-order chi connectivity index (χ1) is 8.45. The smallest absolute Gasteiger partial charge is 0.223 e. The zero-order chi connectivity index (χ0) is 13.7. The van der Waals surface area contributed by atoms with Gasteiger partial charge in [0.15, 0.2) is 0 Å². The van der Waals surface area contributed by atoms with E-state index in [2.05, 4.69) is 21.2 Å². The third-order valence-corrected chi connectivity index (χ3v) is 3.34. The molecule has 5 heteroatoms. The van der Waals surface area contributed by atoms with E-state index < -0.39 is 0 Å². The molecule has 0 radical (unpaired) electrons. The Bertz CT molecular complexity index is 423. The zero-order valence-corrected chi connectivity index (χ0v) is 12.5. The van der Waals surface area contributed by atoms with Crippen LogP contribution in [0.15, 0.2) is 22.7 Å². The molecule has 1 aromatic rings. The molecule has 0 aliphatic carbocycles. The monoisotopic (exact) mass is 314 g/mol. The number of benzene rings is 1. The van der Waals surface area contributed by atoms with E-state index >= 15 is 0 Å². The summed E-state index contributed by atoms with van der Waals surface area (Å²) in [6, 6.07) is 5.98. The fraction of sp³-hybridized carbons (Fsp3) is 0.462. The maximum Gasteiger partial charge on any atom is 0.223 e. The van der Waals surface area contributed by atoms with Gasteiger partial charge in [0.2, 0.25) is 5.91 Å². The lowest BCUT2D eigenvalue weighted by Crippen LogP contribution is -2.26. The molecule has 100 valence electrons. The Morgan fingerprint density at radius 2 is 2.17 bits per heavy atom. The number of carbonyl (C=O) groups is 1. The van der Waals surface area contributed by atoms with Crippen molar-refractivity contribution >= 4 is 21.8 Å². The highest BCUT2D eigenvalue weighted by molar-refractivity contribution is 9.10. The van der Waals surface area contributed by atoms with E-state index in [-0.39, 0.29) is 17.9 Å². The molecule has 0 saturated heterocycles. The normalized spacial score (nSPS) is 14.0. The number of nitrogens with two attached hydrogens (primary N) is 1. The largest absolute Gasteiger partial charge is 0.492 e. The highest BCUT2D eigenvalue weighted by Crippen LogP contribution is 2.28. The van der Waals surface area contributed by atoms with Crippen molar-refractivity contribution in [1.82, 2.24) is 5.32 Å². The van der Waals surface area contributed by atoms with Crippen molar-refractivity contribution in [2.45, 2.75) is 19.9 Å². The SMILES string of the molecule is CNC(C)c1cc(Br)ccc1OCC(C)C(N)=O. The van der Waals surface area contributed by atoms with Crippen LogP contribution in [0, 0.1) is 5.92 Å². The molecule has 1 aromatic carbocycles. The molecule has 0 saturated carbocycles. The molecule has 2 unspecified atom stereocenters. The van der Waals surface area contributed by atoms with Gasteiger partial charge in [0, 0.05) is 16.1 Å². The van der Waals surface area contributed by atoms with Crippen LogP contribution in [-0.2, 0) is 4.79 Å². The summed E-state index contributed by atoms with van der Waals surface area (Å²) in [5.74, 6) is 0.120. The van der Waals surface area contributed by atoms with E-state index in [1.54, 1.807) is 6.92 Å². The number of halogens is 1. The average Bonchev–Trinajstić information content (AvgIpc) is 2.35. The number of primary amides is 1. The lowest BCUT2D eigenvalue weighted by Gasteiger charge is -2.18. The number of hydrogen-bond acceptors (Lipinski definition) is 3. The molecule has 0 aliphatic rings. The predicted molar refractivity (Wildman–Crippen MR) is 75.5 cm³/mol. The maximum absolute atomic E-state index is 11.0. The van der Waals surface area contributed by atoms with Crippen LogP contribution in [0.4, 0.5) is 0 Å². The summed E-state index contributed by atoms with van der Waals surface area (Å²) in [4.78, 5) is 11.0. The average molecular weight is 315 g/mol. The predicted octanol–water partition coefficient (Wildman–Crippen LogP) is 2.23. The number of amides is 1. The van der Waals surface area contributed by atoms with E-state index in [9.17, 15) is 4.79 Å². The molecule has 0 spiro atoms. The highest BCUT2D eigenvalue weighted by atomic mass is 79.9. The number of ether oxygens (including phenoxy) is 1. The van der Waals surface area contributed by atoms with Crippen LogP contribution in [0.1, 0.15) is 25.5 Å². The maximum atomic E-state index is 11.0. The van der Waals surface area contributed by atoms with Crippen LogP contribution in [0.5, 0.6) is 5.75 Å². The molecule has 0 heterocycles. The van der Waals surface area contributed by atoms with Crippen LogP contribution < -0.4 is 15.8 Å². The molecule has 18 heavy (non-hydrogen) atoms. The molecule has 0 aromatic heterocycles. The Morgan fingerprint density at radius 3 is 2.72 bits per heavy atom. The first kappa shape index (κ1) is 15.0. The van der Waals surface area contributed by atoms with Crippen LogP contribution in [0.2, 0.25) is 0 Å². The molecule has 0 bridgehead atoms. The molecular weight excluding hydrogens is 296 g/mol. The van der Waals surface area contributed by atoms with Crippen molar-refractivity contribution in [2.75, 3.05) is 13.7 Å². The van der Waals surface area contributed by atoms with Crippen molar-refractivity contribution in [3.05, 3.63) is 28.2 Å².